The number of aryl methyl sites for hydroxylation is 1. The van der Waals surface area contributed by atoms with Crippen LogP contribution < -0.4 is 10.9 Å². The summed E-state index contributed by atoms with van der Waals surface area (Å²) >= 11 is 5.93. The fraction of sp³-hybridized carbons (Fsp3) is 0.222. The minimum Gasteiger partial charge on any atom is -0.394 e. The molecule has 1 aromatic carbocycles. The highest BCUT2D eigenvalue weighted by Gasteiger charge is 2.18. The first-order valence-corrected chi connectivity index (χ1v) is 8.73. The van der Waals surface area contributed by atoms with Crippen LogP contribution in [0.2, 0.25) is 5.02 Å². The zero-order valence-electron chi connectivity index (χ0n) is 14.9. The van der Waals surface area contributed by atoms with Crippen molar-refractivity contribution in [2.45, 2.75) is 6.10 Å². The standard InChI is InChI=1S/C18H18ClN5O4/c1-23-9-13(7-21-23)24-18(28)15(17(27)20-8-14(26)10-25)6-16(22-24)11-2-4-12(19)5-3-11/h2-7,9,14,25-26H,8,10H2,1H3,(H,20,27)/t14-/m0/s1. The van der Waals surface area contributed by atoms with Gasteiger partial charge in [-0.25, -0.2) is 0 Å². The lowest BCUT2D eigenvalue weighted by Crippen LogP contribution is -2.38. The zero-order chi connectivity index (χ0) is 20.3. The molecule has 3 rings (SSSR count). The Balaban J connectivity index is 2.09. The third-order valence-corrected chi connectivity index (χ3v) is 4.19. The van der Waals surface area contributed by atoms with Gasteiger partial charge in [-0.05, 0) is 18.2 Å². The molecule has 3 N–H and O–H groups in total. The maximum atomic E-state index is 12.8. The van der Waals surface area contributed by atoms with Gasteiger partial charge in [-0.1, -0.05) is 23.7 Å². The number of carbonyl (C=O) groups excluding carboxylic acids is 1. The van der Waals surface area contributed by atoms with Crippen molar-refractivity contribution < 1.29 is 15.0 Å². The molecule has 0 unspecified atom stereocenters. The average molecular weight is 404 g/mol. The van der Waals surface area contributed by atoms with E-state index in [0.717, 1.165) is 4.68 Å². The predicted octanol–water partition coefficient (Wildman–Crippen LogP) is 0.369. The first-order chi connectivity index (χ1) is 13.4. The number of rotatable bonds is 6. The second-order valence-electron chi connectivity index (χ2n) is 6.09. The molecule has 0 fully saturated rings. The zero-order valence-corrected chi connectivity index (χ0v) is 15.7. The monoisotopic (exact) mass is 403 g/mol. The number of benzene rings is 1. The van der Waals surface area contributed by atoms with Crippen LogP contribution in [0.1, 0.15) is 10.4 Å². The molecule has 3 aromatic rings. The molecule has 1 atom stereocenters. The molecule has 146 valence electrons. The van der Waals surface area contributed by atoms with Crippen molar-refractivity contribution in [1.82, 2.24) is 24.9 Å². The van der Waals surface area contributed by atoms with Crippen molar-refractivity contribution in [3.8, 4) is 16.9 Å². The Morgan fingerprint density at radius 1 is 1.32 bits per heavy atom. The Labute approximate surface area is 164 Å². The molecule has 0 saturated heterocycles. The Hall–Kier alpha value is -3.01. The lowest BCUT2D eigenvalue weighted by molar-refractivity contribution is 0.0800. The molecule has 2 heterocycles. The minimum absolute atomic E-state index is 0.158. The van der Waals surface area contributed by atoms with Gasteiger partial charge in [0.1, 0.15) is 11.3 Å². The van der Waals surface area contributed by atoms with Gasteiger partial charge in [-0.2, -0.15) is 14.9 Å². The highest BCUT2D eigenvalue weighted by Crippen LogP contribution is 2.20. The summed E-state index contributed by atoms with van der Waals surface area (Å²) in [6, 6.07) is 8.17. The van der Waals surface area contributed by atoms with Crippen molar-refractivity contribution in [2.75, 3.05) is 13.2 Å². The van der Waals surface area contributed by atoms with Gasteiger partial charge in [-0.3, -0.25) is 14.3 Å². The third kappa shape index (κ3) is 4.28. The number of nitrogens with one attached hydrogen (secondary N) is 1. The van der Waals surface area contributed by atoms with Crippen molar-refractivity contribution in [1.29, 1.82) is 0 Å². The summed E-state index contributed by atoms with van der Waals surface area (Å²) in [5, 5.41) is 29.7. The first-order valence-electron chi connectivity index (χ1n) is 8.35. The van der Waals surface area contributed by atoms with Gasteiger partial charge in [0.15, 0.2) is 0 Å². The summed E-state index contributed by atoms with van der Waals surface area (Å²) in [6.07, 6.45) is 1.93. The van der Waals surface area contributed by atoms with Crippen molar-refractivity contribution >= 4 is 17.5 Å². The first kappa shape index (κ1) is 19.7. The van der Waals surface area contributed by atoms with E-state index in [0.29, 0.717) is 22.0 Å². The van der Waals surface area contributed by atoms with Gasteiger partial charge in [0, 0.05) is 24.2 Å². The average Bonchev–Trinajstić information content (AvgIpc) is 3.12. The molecule has 0 saturated carbocycles. The molecule has 0 spiro atoms. The lowest BCUT2D eigenvalue weighted by atomic mass is 10.1. The topological polar surface area (TPSA) is 122 Å². The molecular formula is C18H18ClN5O4. The number of aliphatic hydroxyl groups is 2. The minimum atomic E-state index is -1.12. The van der Waals surface area contributed by atoms with Crippen LogP contribution in [0.5, 0.6) is 0 Å². The van der Waals surface area contributed by atoms with Crippen molar-refractivity contribution in [3.05, 3.63) is 63.7 Å². The quantitative estimate of drug-likeness (QED) is 0.546. The number of hydrogen-bond acceptors (Lipinski definition) is 6. The smallest absolute Gasteiger partial charge is 0.284 e. The van der Waals surface area contributed by atoms with Gasteiger partial charge < -0.3 is 15.5 Å². The van der Waals surface area contributed by atoms with E-state index >= 15 is 0 Å². The fourth-order valence-electron chi connectivity index (χ4n) is 2.48. The van der Waals surface area contributed by atoms with Gasteiger partial charge in [0.05, 0.1) is 30.8 Å². The maximum absolute atomic E-state index is 12.8. The number of halogens is 1. The Kier molecular flexibility index (Phi) is 5.88. The van der Waals surface area contributed by atoms with Crippen LogP contribution in [0, 0.1) is 0 Å². The van der Waals surface area contributed by atoms with Crippen molar-refractivity contribution in [3.63, 3.8) is 0 Å². The number of carbonyl (C=O) groups is 1. The summed E-state index contributed by atoms with van der Waals surface area (Å²) in [4.78, 5) is 25.4. The molecule has 0 radical (unpaired) electrons. The van der Waals surface area contributed by atoms with Crippen LogP contribution in [-0.2, 0) is 7.05 Å². The van der Waals surface area contributed by atoms with Gasteiger partial charge >= 0.3 is 0 Å². The normalized spacial score (nSPS) is 12.0. The largest absolute Gasteiger partial charge is 0.394 e. The second-order valence-corrected chi connectivity index (χ2v) is 6.52. The molecule has 0 bridgehead atoms. The maximum Gasteiger partial charge on any atom is 0.284 e. The summed E-state index contributed by atoms with van der Waals surface area (Å²) < 4.78 is 2.60. The van der Waals surface area contributed by atoms with Gasteiger partial charge in [0.2, 0.25) is 0 Å². The van der Waals surface area contributed by atoms with E-state index in [4.69, 9.17) is 16.7 Å². The predicted molar refractivity (Wildman–Crippen MR) is 102 cm³/mol. The van der Waals surface area contributed by atoms with Gasteiger partial charge in [0.25, 0.3) is 11.5 Å². The van der Waals surface area contributed by atoms with Crippen LogP contribution >= 0.6 is 11.6 Å². The molecule has 28 heavy (non-hydrogen) atoms. The molecule has 0 aliphatic rings. The molecule has 2 aromatic heterocycles. The van der Waals surface area contributed by atoms with Crippen LogP contribution in [-0.4, -0.2) is 54.9 Å². The van der Waals surface area contributed by atoms with Crippen LogP contribution in [0.4, 0.5) is 0 Å². The summed E-state index contributed by atoms with van der Waals surface area (Å²) in [5.41, 5.74) is 0.642. The third-order valence-electron chi connectivity index (χ3n) is 3.94. The van der Waals surface area contributed by atoms with Crippen LogP contribution in [0.3, 0.4) is 0 Å². The Morgan fingerprint density at radius 2 is 2.04 bits per heavy atom. The highest BCUT2D eigenvalue weighted by molar-refractivity contribution is 6.30. The second kappa shape index (κ2) is 8.34. The fourth-order valence-corrected chi connectivity index (χ4v) is 2.61. The van der Waals surface area contributed by atoms with E-state index in [1.54, 1.807) is 37.5 Å². The van der Waals surface area contributed by atoms with Crippen molar-refractivity contribution in [2.24, 2.45) is 7.05 Å². The summed E-state index contributed by atoms with van der Waals surface area (Å²) in [7, 11) is 1.70. The van der Waals surface area contributed by atoms with E-state index in [2.05, 4.69) is 15.5 Å². The molecule has 9 nitrogen and oxygen atoms in total. The lowest BCUT2D eigenvalue weighted by Gasteiger charge is -2.11. The van der Waals surface area contributed by atoms with Crippen LogP contribution in [0.25, 0.3) is 16.9 Å². The Bertz CT molecular complexity index is 1040. The summed E-state index contributed by atoms with van der Waals surface area (Å²) in [5.74, 6) is -0.687. The van der Waals surface area contributed by atoms with E-state index in [-0.39, 0.29) is 12.1 Å². The van der Waals surface area contributed by atoms with E-state index in [9.17, 15) is 14.7 Å². The number of hydrogen-bond donors (Lipinski definition) is 3. The SMILES string of the molecule is Cn1cc(-n2nc(-c3ccc(Cl)cc3)cc(C(=O)NC[C@H](O)CO)c2=O)cn1. The number of aliphatic hydroxyl groups excluding tert-OH is 2. The number of nitrogens with zero attached hydrogens (tertiary/aromatic N) is 4. The van der Waals surface area contributed by atoms with Gasteiger partial charge in [-0.15, -0.1) is 0 Å². The number of aromatic nitrogens is 4. The molecule has 10 heteroatoms. The Morgan fingerprint density at radius 3 is 2.64 bits per heavy atom. The molecule has 0 aliphatic heterocycles. The summed E-state index contributed by atoms with van der Waals surface area (Å²) in [6.45, 7) is -0.702. The van der Waals surface area contributed by atoms with E-state index in [1.165, 1.54) is 16.9 Å². The van der Waals surface area contributed by atoms with Crippen LogP contribution in [0.15, 0.2) is 47.5 Å². The van der Waals surface area contributed by atoms with E-state index < -0.39 is 24.2 Å². The molecule has 1 amide bonds. The highest BCUT2D eigenvalue weighted by atomic mass is 35.5. The number of amides is 1. The molecule has 0 aliphatic carbocycles. The van der Waals surface area contributed by atoms with E-state index in [1.807, 2.05) is 0 Å². The molecular weight excluding hydrogens is 386 g/mol.